The van der Waals surface area contributed by atoms with Gasteiger partial charge in [-0.05, 0) is 30.4 Å². The van der Waals surface area contributed by atoms with E-state index in [1.807, 2.05) is 0 Å². The van der Waals surface area contributed by atoms with E-state index in [2.05, 4.69) is 5.32 Å². The van der Waals surface area contributed by atoms with Gasteiger partial charge in [0, 0.05) is 15.7 Å². The molecule has 0 spiro atoms. The molecular weight excluding hydrogens is 432 g/mol. The lowest BCUT2D eigenvalue weighted by Gasteiger charge is -2.16. The smallest absolute Gasteiger partial charge is 0.332 e. The zero-order chi connectivity index (χ0) is 19.8. The Labute approximate surface area is 156 Å². The molecule has 2 rings (SSSR count). The molecule has 12 heteroatoms. The second kappa shape index (κ2) is 7.45. The molecule has 140 valence electrons. The van der Waals surface area contributed by atoms with Crippen LogP contribution in [0.15, 0.2) is 18.2 Å². The molecule has 0 heterocycles. The summed E-state index contributed by atoms with van der Waals surface area (Å²) in [5, 5.41) is 3.89. The Balaban J connectivity index is 2.36. The third kappa shape index (κ3) is 4.30. The number of thiocarbonyl (C=S) groups is 1. The third-order valence-corrected chi connectivity index (χ3v) is 3.55. The highest BCUT2D eigenvalue weighted by atomic mass is 35.5. The lowest BCUT2D eigenvalue weighted by Crippen LogP contribution is -2.23. The molecule has 2 aromatic carbocycles. The van der Waals surface area contributed by atoms with Crippen molar-refractivity contribution < 1.29 is 30.7 Å². The summed E-state index contributed by atoms with van der Waals surface area (Å²) in [6.45, 7) is 0. The highest BCUT2D eigenvalue weighted by molar-refractivity contribution is 7.80. The van der Waals surface area contributed by atoms with Gasteiger partial charge in [-0.3, -0.25) is 0 Å². The zero-order valence-corrected chi connectivity index (χ0v) is 14.4. The molecule has 0 atom stereocenters. The van der Waals surface area contributed by atoms with E-state index in [9.17, 15) is 30.7 Å². The van der Waals surface area contributed by atoms with Crippen molar-refractivity contribution in [2.45, 2.75) is 6.18 Å². The molecule has 0 fully saturated rings. The second-order valence-corrected chi connectivity index (χ2v) is 6.02. The molecule has 0 aliphatic carbocycles. The Kier molecular flexibility index (Phi) is 5.89. The topological polar surface area (TPSA) is 24.1 Å². The Hall–Kier alpha value is -1.78. The minimum atomic E-state index is -5.63. The van der Waals surface area contributed by atoms with Crippen molar-refractivity contribution in [3.8, 4) is 0 Å². The summed E-state index contributed by atoms with van der Waals surface area (Å²) in [5.41, 5.74) is -4.06. The van der Waals surface area contributed by atoms with Gasteiger partial charge in [0.25, 0.3) is 0 Å². The van der Waals surface area contributed by atoms with Gasteiger partial charge in [0.1, 0.15) is 11.3 Å². The summed E-state index contributed by atoms with van der Waals surface area (Å²) < 4.78 is 92.2. The molecule has 0 aromatic heterocycles. The highest BCUT2D eigenvalue weighted by Crippen LogP contribution is 2.38. The van der Waals surface area contributed by atoms with Crippen molar-refractivity contribution in [3.63, 3.8) is 0 Å². The fourth-order valence-corrected chi connectivity index (χ4v) is 2.64. The van der Waals surface area contributed by atoms with E-state index in [1.54, 1.807) is 5.32 Å². The number of halogens is 9. The SMILES string of the molecule is Fc1c(F)c(C(F)(F)F)c(F)c(F)c1NC(=S)Nc1cc(Cl)cc(Cl)c1. The molecule has 2 nitrogen and oxygen atoms in total. The quantitative estimate of drug-likeness (QED) is 0.324. The highest BCUT2D eigenvalue weighted by Gasteiger charge is 2.42. The number of rotatable bonds is 2. The Morgan fingerprint density at radius 2 is 1.27 bits per heavy atom. The molecule has 26 heavy (non-hydrogen) atoms. The fraction of sp³-hybridized carbons (Fsp3) is 0.0714. The van der Waals surface area contributed by atoms with Gasteiger partial charge in [-0.2, -0.15) is 13.2 Å². The van der Waals surface area contributed by atoms with E-state index in [-0.39, 0.29) is 15.7 Å². The number of hydrogen-bond donors (Lipinski definition) is 2. The normalized spacial score (nSPS) is 11.4. The van der Waals surface area contributed by atoms with Gasteiger partial charge in [-0.15, -0.1) is 0 Å². The molecule has 0 saturated heterocycles. The number of hydrogen-bond acceptors (Lipinski definition) is 1. The van der Waals surface area contributed by atoms with Crippen LogP contribution in [0, 0.1) is 23.3 Å². The van der Waals surface area contributed by atoms with Crippen LogP contribution in [0.25, 0.3) is 0 Å². The van der Waals surface area contributed by atoms with E-state index >= 15 is 0 Å². The number of benzene rings is 2. The monoisotopic (exact) mass is 436 g/mol. The van der Waals surface area contributed by atoms with E-state index in [1.165, 1.54) is 18.2 Å². The first-order valence-electron chi connectivity index (χ1n) is 6.39. The van der Waals surface area contributed by atoms with Crippen LogP contribution in [-0.2, 0) is 6.18 Å². The van der Waals surface area contributed by atoms with Gasteiger partial charge < -0.3 is 10.6 Å². The van der Waals surface area contributed by atoms with Gasteiger partial charge in [0.15, 0.2) is 28.4 Å². The van der Waals surface area contributed by atoms with E-state index in [4.69, 9.17) is 35.4 Å². The average molecular weight is 437 g/mol. The number of anilines is 2. The summed E-state index contributed by atoms with van der Waals surface area (Å²) >= 11 is 16.2. The maximum Gasteiger partial charge on any atom is 0.422 e. The molecule has 2 N–H and O–H groups in total. The van der Waals surface area contributed by atoms with Crippen molar-refractivity contribution in [2.75, 3.05) is 10.6 Å². The molecule has 2 aromatic rings. The number of alkyl halides is 3. The van der Waals surface area contributed by atoms with Crippen molar-refractivity contribution in [2.24, 2.45) is 0 Å². The Morgan fingerprint density at radius 1 is 0.808 bits per heavy atom. The summed E-state index contributed by atoms with van der Waals surface area (Å²) in [7, 11) is 0. The molecule has 0 unspecified atom stereocenters. The van der Waals surface area contributed by atoms with Crippen LogP contribution in [-0.4, -0.2) is 5.11 Å². The van der Waals surface area contributed by atoms with Crippen molar-refractivity contribution in [3.05, 3.63) is 57.1 Å². The largest absolute Gasteiger partial charge is 0.422 e. The molecule has 0 amide bonds. The summed E-state index contributed by atoms with van der Waals surface area (Å²) in [5.74, 6) is -9.78. The van der Waals surface area contributed by atoms with Crippen LogP contribution < -0.4 is 10.6 Å². The van der Waals surface area contributed by atoms with Crippen LogP contribution in [0.2, 0.25) is 10.0 Å². The first-order valence-corrected chi connectivity index (χ1v) is 7.55. The van der Waals surface area contributed by atoms with Crippen LogP contribution in [0.1, 0.15) is 5.56 Å². The molecule has 0 radical (unpaired) electrons. The Bertz CT molecular complexity index is 837. The first kappa shape index (κ1) is 20.5. The molecule has 0 aliphatic heterocycles. The molecular formula is C14H5Cl2F7N2S. The summed E-state index contributed by atoms with van der Waals surface area (Å²) in [4.78, 5) is 0. The molecule has 0 saturated carbocycles. The lowest BCUT2D eigenvalue weighted by molar-refractivity contribution is -0.143. The Morgan fingerprint density at radius 3 is 1.69 bits per heavy atom. The predicted molar refractivity (Wildman–Crippen MR) is 87.6 cm³/mol. The standard InChI is InChI=1S/C14H5Cl2F7N2S/c15-4-1-5(16)3-6(2-4)24-13(26)25-12-10(19)8(17)7(14(21,22)23)9(18)11(12)20/h1-3H,(H2,24,25,26). The zero-order valence-electron chi connectivity index (χ0n) is 12.0. The summed E-state index contributed by atoms with van der Waals surface area (Å²) in [6.07, 6.45) is -5.63. The van der Waals surface area contributed by atoms with Crippen molar-refractivity contribution in [1.29, 1.82) is 0 Å². The van der Waals surface area contributed by atoms with Crippen LogP contribution >= 0.6 is 35.4 Å². The van der Waals surface area contributed by atoms with Crippen molar-refractivity contribution in [1.82, 2.24) is 0 Å². The minimum absolute atomic E-state index is 0.147. The van der Waals surface area contributed by atoms with Gasteiger partial charge in [0.05, 0.1) is 0 Å². The summed E-state index contributed by atoms with van der Waals surface area (Å²) in [6, 6.07) is 3.98. The maximum atomic E-state index is 13.8. The fourth-order valence-electron chi connectivity index (χ4n) is 1.89. The van der Waals surface area contributed by atoms with Gasteiger partial charge >= 0.3 is 6.18 Å². The molecule has 0 bridgehead atoms. The van der Waals surface area contributed by atoms with Gasteiger partial charge in [-0.25, -0.2) is 17.6 Å². The maximum absolute atomic E-state index is 13.8. The van der Waals surface area contributed by atoms with E-state index in [0.717, 1.165) is 0 Å². The lowest BCUT2D eigenvalue weighted by atomic mass is 10.1. The van der Waals surface area contributed by atoms with Crippen LogP contribution in [0.3, 0.4) is 0 Å². The first-order chi connectivity index (χ1) is 11.9. The predicted octanol–water partition coefficient (Wildman–Crippen LogP) is 6.38. The third-order valence-electron chi connectivity index (χ3n) is 2.91. The van der Waals surface area contributed by atoms with Crippen LogP contribution in [0.5, 0.6) is 0 Å². The average Bonchev–Trinajstić information content (AvgIpc) is 2.47. The molecule has 0 aliphatic rings. The minimum Gasteiger partial charge on any atom is -0.332 e. The number of nitrogens with one attached hydrogen (secondary N) is 2. The van der Waals surface area contributed by atoms with E-state index < -0.39 is 45.8 Å². The van der Waals surface area contributed by atoms with E-state index in [0.29, 0.717) is 0 Å². The van der Waals surface area contributed by atoms with Crippen LogP contribution in [0.4, 0.5) is 42.1 Å². The van der Waals surface area contributed by atoms with Gasteiger partial charge in [0.2, 0.25) is 0 Å². The second-order valence-electron chi connectivity index (χ2n) is 4.74. The van der Waals surface area contributed by atoms with Gasteiger partial charge in [-0.1, -0.05) is 23.2 Å². The van der Waals surface area contributed by atoms with Crippen molar-refractivity contribution >= 4 is 51.9 Å².